The van der Waals surface area contributed by atoms with Crippen LogP contribution in [0.25, 0.3) is 5.52 Å². The fraction of sp³-hybridized carbons (Fsp3) is 0.632. The molecule has 1 aliphatic heterocycles. The number of fused-ring (bicyclic) bond motifs is 1. The third kappa shape index (κ3) is 2.48. The van der Waals surface area contributed by atoms with Crippen molar-refractivity contribution in [1.29, 1.82) is 0 Å². The van der Waals surface area contributed by atoms with Crippen LogP contribution in [0.3, 0.4) is 0 Å². The van der Waals surface area contributed by atoms with Crippen LogP contribution in [-0.4, -0.2) is 51.4 Å². The van der Waals surface area contributed by atoms with Crippen LogP contribution in [0, 0.1) is 6.92 Å². The summed E-state index contributed by atoms with van der Waals surface area (Å²) in [6.07, 6.45) is 8.42. The molecule has 1 saturated carbocycles. The van der Waals surface area contributed by atoms with E-state index in [1.165, 1.54) is 43.4 Å². The van der Waals surface area contributed by atoms with Gasteiger partial charge in [-0.2, -0.15) is 0 Å². The zero-order chi connectivity index (χ0) is 16.0. The van der Waals surface area contributed by atoms with E-state index in [4.69, 9.17) is 4.98 Å². The van der Waals surface area contributed by atoms with E-state index in [0.29, 0.717) is 0 Å². The van der Waals surface area contributed by atoms with Crippen molar-refractivity contribution >= 4 is 5.52 Å². The molecule has 124 valence electrons. The number of rotatable bonds is 3. The van der Waals surface area contributed by atoms with Gasteiger partial charge in [0.1, 0.15) is 5.82 Å². The fourth-order valence-corrected chi connectivity index (χ4v) is 4.15. The Bertz CT molecular complexity index is 690. The van der Waals surface area contributed by atoms with E-state index in [1.54, 1.807) is 0 Å². The van der Waals surface area contributed by atoms with Crippen molar-refractivity contribution in [2.24, 2.45) is 0 Å². The van der Waals surface area contributed by atoms with Crippen molar-refractivity contribution in [3.05, 3.63) is 35.9 Å². The second-order valence-corrected chi connectivity index (χ2v) is 7.70. The molecule has 0 unspecified atom stereocenters. The van der Waals surface area contributed by atoms with Crippen LogP contribution < -0.4 is 0 Å². The maximum absolute atomic E-state index is 4.79. The lowest BCUT2D eigenvalue weighted by Crippen LogP contribution is -2.56. The molecule has 1 saturated heterocycles. The highest BCUT2D eigenvalue weighted by atomic mass is 15.3. The van der Waals surface area contributed by atoms with E-state index in [1.807, 2.05) is 6.20 Å². The Morgan fingerprint density at radius 2 is 1.87 bits per heavy atom. The van der Waals surface area contributed by atoms with E-state index in [0.717, 1.165) is 25.0 Å². The molecule has 2 fully saturated rings. The van der Waals surface area contributed by atoms with Gasteiger partial charge in [-0.1, -0.05) is 12.5 Å². The number of piperazine rings is 1. The third-order valence-corrected chi connectivity index (χ3v) is 6.03. The number of imidazole rings is 1. The minimum atomic E-state index is -0.0358. The molecular weight excluding hydrogens is 284 g/mol. The SMILES string of the molecule is Cc1cccn2c(C(C)(C)N3CCN(C4CCC4)CC3)ncc12. The first-order valence-electron chi connectivity index (χ1n) is 8.99. The van der Waals surface area contributed by atoms with Crippen molar-refractivity contribution < 1.29 is 0 Å². The lowest BCUT2D eigenvalue weighted by molar-refractivity contribution is 0.0113. The average molecular weight is 312 g/mol. The molecule has 1 aliphatic carbocycles. The Hall–Kier alpha value is -1.39. The first kappa shape index (κ1) is 15.2. The third-order valence-electron chi connectivity index (χ3n) is 6.03. The van der Waals surface area contributed by atoms with Crippen LogP contribution in [0.1, 0.15) is 44.5 Å². The molecule has 4 rings (SSSR count). The van der Waals surface area contributed by atoms with Gasteiger partial charge in [0, 0.05) is 38.4 Å². The summed E-state index contributed by atoms with van der Waals surface area (Å²) in [5.41, 5.74) is 2.48. The van der Waals surface area contributed by atoms with E-state index in [9.17, 15) is 0 Å². The number of nitrogens with zero attached hydrogens (tertiary/aromatic N) is 4. The predicted molar refractivity (Wildman–Crippen MR) is 93.7 cm³/mol. The number of pyridine rings is 1. The first-order chi connectivity index (χ1) is 11.1. The van der Waals surface area contributed by atoms with Gasteiger partial charge in [-0.3, -0.25) is 9.80 Å². The standard InChI is InChI=1S/C19H28N4/c1-15-6-5-9-23-17(15)14-20-18(23)19(2,3)22-12-10-21(11-13-22)16-7-4-8-16/h5-6,9,14,16H,4,7-8,10-13H2,1-3H3. The second kappa shape index (κ2) is 5.60. The molecule has 0 aromatic carbocycles. The first-order valence-corrected chi connectivity index (χ1v) is 8.99. The summed E-state index contributed by atoms with van der Waals surface area (Å²) in [5.74, 6) is 1.16. The van der Waals surface area contributed by atoms with Crippen molar-refractivity contribution in [1.82, 2.24) is 19.2 Å². The molecule has 0 radical (unpaired) electrons. The van der Waals surface area contributed by atoms with Gasteiger partial charge in [0.25, 0.3) is 0 Å². The minimum Gasteiger partial charge on any atom is -0.302 e. The van der Waals surface area contributed by atoms with Crippen molar-refractivity contribution in [3.8, 4) is 0 Å². The summed E-state index contributed by atoms with van der Waals surface area (Å²) in [5, 5.41) is 0. The number of aryl methyl sites for hydroxylation is 1. The molecule has 2 aromatic heterocycles. The van der Waals surface area contributed by atoms with Gasteiger partial charge in [0.2, 0.25) is 0 Å². The second-order valence-electron chi connectivity index (χ2n) is 7.70. The van der Waals surface area contributed by atoms with E-state index >= 15 is 0 Å². The molecule has 2 aromatic rings. The Kier molecular flexibility index (Phi) is 3.69. The molecule has 0 spiro atoms. The number of aromatic nitrogens is 2. The zero-order valence-corrected chi connectivity index (χ0v) is 14.6. The highest BCUT2D eigenvalue weighted by molar-refractivity contribution is 5.53. The molecular formula is C19H28N4. The summed E-state index contributed by atoms with van der Waals surface area (Å²) in [7, 11) is 0. The van der Waals surface area contributed by atoms with Crippen molar-refractivity contribution in [2.75, 3.05) is 26.2 Å². The molecule has 2 aliphatic rings. The van der Waals surface area contributed by atoms with Crippen LogP contribution >= 0.6 is 0 Å². The molecule has 0 atom stereocenters. The topological polar surface area (TPSA) is 23.8 Å². The van der Waals surface area contributed by atoms with Crippen molar-refractivity contribution in [2.45, 2.75) is 51.6 Å². The molecule has 0 bridgehead atoms. The highest BCUT2D eigenvalue weighted by Gasteiger charge is 2.36. The Morgan fingerprint density at radius 1 is 1.13 bits per heavy atom. The lowest BCUT2D eigenvalue weighted by Gasteiger charge is -2.47. The quantitative estimate of drug-likeness (QED) is 0.870. The predicted octanol–water partition coefficient (Wildman–Crippen LogP) is 3.05. The van der Waals surface area contributed by atoms with Crippen LogP contribution in [-0.2, 0) is 5.54 Å². The van der Waals surface area contributed by atoms with Gasteiger partial charge in [0.05, 0.1) is 17.3 Å². The maximum Gasteiger partial charge on any atom is 0.133 e. The van der Waals surface area contributed by atoms with Gasteiger partial charge >= 0.3 is 0 Å². The van der Waals surface area contributed by atoms with Crippen LogP contribution in [0.5, 0.6) is 0 Å². The van der Waals surface area contributed by atoms with E-state index in [-0.39, 0.29) is 5.54 Å². The Labute approximate surface area is 139 Å². The van der Waals surface area contributed by atoms with Crippen molar-refractivity contribution in [3.63, 3.8) is 0 Å². The van der Waals surface area contributed by atoms with Gasteiger partial charge in [-0.25, -0.2) is 4.98 Å². The van der Waals surface area contributed by atoms with Gasteiger partial charge in [-0.05, 0) is 45.2 Å². The summed E-state index contributed by atoms with van der Waals surface area (Å²) < 4.78 is 2.27. The van der Waals surface area contributed by atoms with E-state index < -0.39 is 0 Å². The summed E-state index contributed by atoms with van der Waals surface area (Å²) in [4.78, 5) is 10.1. The zero-order valence-electron chi connectivity index (χ0n) is 14.6. The molecule has 3 heterocycles. The van der Waals surface area contributed by atoms with Crippen LogP contribution in [0.2, 0.25) is 0 Å². The van der Waals surface area contributed by atoms with Gasteiger partial charge in [-0.15, -0.1) is 0 Å². The molecule has 0 N–H and O–H groups in total. The van der Waals surface area contributed by atoms with Gasteiger partial charge < -0.3 is 4.40 Å². The Balaban J connectivity index is 1.56. The average Bonchev–Trinajstić information content (AvgIpc) is 2.92. The van der Waals surface area contributed by atoms with Crippen LogP contribution in [0.4, 0.5) is 0 Å². The normalized spacial score (nSPS) is 21.7. The lowest BCUT2D eigenvalue weighted by atomic mass is 9.90. The minimum absolute atomic E-state index is 0.0358. The van der Waals surface area contributed by atoms with Crippen LogP contribution in [0.15, 0.2) is 24.5 Å². The summed E-state index contributed by atoms with van der Waals surface area (Å²) in [6.45, 7) is 11.5. The number of hydrogen-bond acceptors (Lipinski definition) is 3. The molecule has 4 nitrogen and oxygen atoms in total. The van der Waals surface area contributed by atoms with E-state index in [2.05, 4.69) is 53.3 Å². The molecule has 0 amide bonds. The maximum atomic E-state index is 4.79. The molecule has 4 heteroatoms. The molecule has 23 heavy (non-hydrogen) atoms. The Morgan fingerprint density at radius 3 is 2.52 bits per heavy atom. The largest absolute Gasteiger partial charge is 0.302 e. The summed E-state index contributed by atoms with van der Waals surface area (Å²) >= 11 is 0. The number of hydrogen-bond donors (Lipinski definition) is 0. The summed E-state index contributed by atoms with van der Waals surface area (Å²) in [6, 6.07) is 5.15. The smallest absolute Gasteiger partial charge is 0.133 e. The highest BCUT2D eigenvalue weighted by Crippen LogP contribution is 2.31. The van der Waals surface area contributed by atoms with Gasteiger partial charge in [0.15, 0.2) is 0 Å². The monoisotopic (exact) mass is 312 g/mol. The fourth-order valence-electron chi connectivity index (χ4n) is 4.15.